The lowest BCUT2D eigenvalue weighted by molar-refractivity contribution is -0.153. The summed E-state index contributed by atoms with van der Waals surface area (Å²) >= 11 is 0. The molecule has 0 N–H and O–H groups in total. The first-order valence-corrected chi connectivity index (χ1v) is 7.99. The number of hydrogen-bond acceptors (Lipinski definition) is 2. The second kappa shape index (κ2) is 4.07. The lowest BCUT2D eigenvalue weighted by atomic mass is 9.49. The molecule has 0 aromatic heterocycles. The Bertz CT molecular complexity index is 400. The van der Waals surface area contributed by atoms with Crippen molar-refractivity contribution in [3.05, 3.63) is 0 Å². The zero-order chi connectivity index (χ0) is 13.9. The zero-order valence-corrected chi connectivity index (χ0v) is 12.9. The summed E-state index contributed by atoms with van der Waals surface area (Å²) in [5, 5.41) is 0. The van der Waals surface area contributed by atoms with Gasteiger partial charge in [-0.3, -0.25) is 4.79 Å². The van der Waals surface area contributed by atoms with Gasteiger partial charge in [-0.05, 0) is 50.4 Å². The molecule has 19 heavy (non-hydrogen) atoms. The number of ether oxygens (including phenoxy) is 1. The Hall–Kier alpha value is -0.370. The molecule has 0 amide bonds. The minimum absolute atomic E-state index is 0.0511. The Morgan fingerprint density at radius 1 is 1.26 bits per heavy atom. The van der Waals surface area contributed by atoms with E-state index in [1.807, 2.05) is 0 Å². The molecular formula is C17H28O2. The van der Waals surface area contributed by atoms with Crippen LogP contribution in [-0.2, 0) is 9.53 Å². The van der Waals surface area contributed by atoms with Crippen molar-refractivity contribution in [3.63, 3.8) is 0 Å². The average Bonchev–Trinajstić information content (AvgIpc) is 2.53. The maximum atomic E-state index is 12.3. The third-order valence-electron chi connectivity index (χ3n) is 6.55. The molecule has 0 unspecified atom stereocenters. The Labute approximate surface area is 117 Å². The highest BCUT2D eigenvalue weighted by Gasteiger charge is 2.65. The van der Waals surface area contributed by atoms with E-state index < -0.39 is 0 Å². The van der Waals surface area contributed by atoms with Crippen molar-refractivity contribution in [2.75, 3.05) is 6.61 Å². The van der Waals surface area contributed by atoms with E-state index in [4.69, 9.17) is 4.74 Å². The summed E-state index contributed by atoms with van der Waals surface area (Å²) in [4.78, 5) is 12.3. The van der Waals surface area contributed by atoms with E-state index in [0.717, 1.165) is 38.2 Å². The molecule has 2 heteroatoms. The Morgan fingerprint density at radius 2 is 2.00 bits per heavy atom. The molecule has 3 fully saturated rings. The monoisotopic (exact) mass is 264 g/mol. The highest BCUT2D eigenvalue weighted by Crippen LogP contribution is 2.68. The van der Waals surface area contributed by atoms with E-state index in [0.29, 0.717) is 22.7 Å². The zero-order valence-electron chi connectivity index (χ0n) is 12.9. The van der Waals surface area contributed by atoms with Gasteiger partial charge in [0.15, 0.2) is 0 Å². The average molecular weight is 264 g/mol. The van der Waals surface area contributed by atoms with Gasteiger partial charge in [0.25, 0.3) is 0 Å². The van der Waals surface area contributed by atoms with E-state index in [2.05, 4.69) is 27.7 Å². The van der Waals surface area contributed by atoms with Crippen molar-refractivity contribution >= 4 is 5.78 Å². The fraction of sp³-hybridized carbons (Fsp3) is 0.941. The van der Waals surface area contributed by atoms with Crippen LogP contribution in [0.4, 0.5) is 0 Å². The lowest BCUT2D eigenvalue weighted by Crippen LogP contribution is -2.53. The molecule has 2 nitrogen and oxygen atoms in total. The van der Waals surface area contributed by atoms with Crippen LogP contribution in [0.15, 0.2) is 0 Å². The molecule has 0 aromatic rings. The van der Waals surface area contributed by atoms with Gasteiger partial charge in [0.1, 0.15) is 5.78 Å². The molecule has 2 bridgehead atoms. The largest absolute Gasteiger partial charge is 0.378 e. The molecule has 0 aromatic carbocycles. The van der Waals surface area contributed by atoms with Crippen LogP contribution in [-0.4, -0.2) is 18.5 Å². The number of fused-ring (bicyclic) bond motifs is 1. The topological polar surface area (TPSA) is 26.3 Å². The number of hydrogen-bond donors (Lipinski definition) is 0. The molecule has 3 rings (SSSR count). The molecule has 3 aliphatic rings. The standard InChI is InChI=1S/C17H28O2/c1-5-19-14-10-15(2,3)12-6-8-16(4)11-17(12,14)9-7-13(16)18/h12,14H,5-11H2,1-4H3/t12-,14-,16+,17-/m0/s1. The third kappa shape index (κ3) is 1.75. The van der Waals surface area contributed by atoms with Crippen LogP contribution in [0.5, 0.6) is 0 Å². The first-order valence-electron chi connectivity index (χ1n) is 7.99. The molecule has 3 saturated carbocycles. The maximum absolute atomic E-state index is 12.3. The summed E-state index contributed by atoms with van der Waals surface area (Å²) in [5.41, 5.74) is 0.618. The van der Waals surface area contributed by atoms with Crippen LogP contribution in [0.25, 0.3) is 0 Å². The fourth-order valence-corrected chi connectivity index (χ4v) is 5.75. The Morgan fingerprint density at radius 3 is 2.68 bits per heavy atom. The summed E-state index contributed by atoms with van der Waals surface area (Å²) in [6, 6.07) is 0. The minimum Gasteiger partial charge on any atom is -0.378 e. The first-order chi connectivity index (χ1) is 8.84. The van der Waals surface area contributed by atoms with Crippen molar-refractivity contribution in [1.29, 1.82) is 0 Å². The van der Waals surface area contributed by atoms with Gasteiger partial charge in [0.05, 0.1) is 6.10 Å². The van der Waals surface area contributed by atoms with Crippen molar-refractivity contribution in [3.8, 4) is 0 Å². The summed E-state index contributed by atoms with van der Waals surface area (Å²) in [6.07, 6.45) is 6.81. The number of Topliss-reactive ketones (excluding diaryl/α,β-unsaturated/α-hetero) is 1. The second-order valence-corrected chi connectivity index (χ2v) is 8.12. The van der Waals surface area contributed by atoms with E-state index in [1.165, 1.54) is 12.8 Å². The van der Waals surface area contributed by atoms with Gasteiger partial charge in [0.2, 0.25) is 0 Å². The third-order valence-corrected chi connectivity index (χ3v) is 6.55. The van der Waals surface area contributed by atoms with Crippen LogP contribution < -0.4 is 0 Å². The second-order valence-electron chi connectivity index (χ2n) is 8.12. The van der Waals surface area contributed by atoms with Crippen LogP contribution in [0.1, 0.15) is 66.2 Å². The predicted octanol–water partition coefficient (Wildman–Crippen LogP) is 3.98. The molecular weight excluding hydrogens is 236 g/mol. The highest BCUT2D eigenvalue weighted by atomic mass is 16.5. The minimum atomic E-state index is -0.0511. The fourth-order valence-electron chi connectivity index (χ4n) is 5.75. The van der Waals surface area contributed by atoms with Gasteiger partial charge < -0.3 is 4.74 Å². The SMILES string of the molecule is CCO[C@H]1CC(C)(C)[C@@H]2CC[C@]3(C)C[C@]12CCC3=O. The number of carbonyl (C=O) groups is 1. The molecule has 3 aliphatic carbocycles. The van der Waals surface area contributed by atoms with Crippen molar-refractivity contribution in [1.82, 2.24) is 0 Å². The Balaban J connectivity index is 2.00. The smallest absolute Gasteiger partial charge is 0.138 e. The van der Waals surface area contributed by atoms with Crippen LogP contribution in [0.3, 0.4) is 0 Å². The van der Waals surface area contributed by atoms with E-state index >= 15 is 0 Å². The molecule has 1 spiro atoms. The quantitative estimate of drug-likeness (QED) is 0.754. The van der Waals surface area contributed by atoms with Gasteiger partial charge in [0, 0.05) is 23.9 Å². The predicted molar refractivity (Wildman–Crippen MR) is 75.9 cm³/mol. The van der Waals surface area contributed by atoms with Crippen molar-refractivity contribution < 1.29 is 9.53 Å². The van der Waals surface area contributed by atoms with E-state index in [-0.39, 0.29) is 5.41 Å². The summed E-state index contributed by atoms with van der Waals surface area (Å²) in [6.45, 7) is 9.95. The maximum Gasteiger partial charge on any atom is 0.138 e. The van der Waals surface area contributed by atoms with E-state index in [1.54, 1.807) is 0 Å². The van der Waals surface area contributed by atoms with E-state index in [9.17, 15) is 4.79 Å². The molecule has 0 heterocycles. The van der Waals surface area contributed by atoms with Crippen LogP contribution in [0, 0.1) is 22.2 Å². The summed E-state index contributed by atoms with van der Waals surface area (Å²) in [5.74, 6) is 1.26. The lowest BCUT2D eigenvalue weighted by Gasteiger charge is -2.55. The van der Waals surface area contributed by atoms with Crippen LogP contribution >= 0.6 is 0 Å². The van der Waals surface area contributed by atoms with Gasteiger partial charge in [-0.1, -0.05) is 20.8 Å². The van der Waals surface area contributed by atoms with Gasteiger partial charge in [-0.25, -0.2) is 0 Å². The van der Waals surface area contributed by atoms with Crippen LogP contribution in [0.2, 0.25) is 0 Å². The molecule has 108 valence electrons. The summed E-state index contributed by atoms with van der Waals surface area (Å²) < 4.78 is 6.15. The molecule has 0 aliphatic heterocycles. The van der Waals surface area contributed by atoms with Gasteiger partial charge in [-0.2, -0.15) is 0 Å². The van der Waals surface area contributed by atoms with Crippen molar-refractivity contribution in [2.24, 2.45) is 22.2 Å². The van der Waals surface area contributed by atoms with Crippen molar-refractivity contribution in [2.45, 2.75) is 72.3 Å². The number of rotatable bonds is 2. The van der Waals surface area contributed by atoms with Gasteiger partial charge >= 0.3 is 0 Å². The molecule has 0 radical (unpaired) electrons. The normalized spacial score (nSPS) is 48.1. The number of carbonyl (C=O) groups excluding carboxylic acids is 1. The molecule has 0 saturated heterocycles. The summed E-state index contributed by atoms with van der Waals surface area (Å²) in [7, 11) is 0. The number of ketones is 1. The molecule has 4 atom stereocenters. The first kappa shape index (κ1) is 13.6. The highest BCUT2D eigenvalue weighted by molar-refractivity contribution is 5.85. The van der Waals surface area contributed by atoms with Gasteiger partial charge in [-0.15, -0.1) is 0 Å². The Kier molecular flexibility index (Phi) is 2.91.